The number of ether oxygens (including phenoxy) is 1. The van der Waals surface area contributed by atoms with Crippen LogP contribution in [0.5, 0.6) is 0 Å². The van der Waals surface area contributed by atoms with Crippen molar-refractivity contribution in [2.24, 2.45) is 7.05 Å². The van der Waals surface area contributed by atoms with Gasteiger partial charge in [0.25, 0.3) is 0 Å². The van der Waals surface area contributed by atoms with Crippen LogP contribution in [0.3, 0.4) is 0 Å². The standard InChI is InChI=1S/C19H21N5O4S/c1-13(14-7-5-4-6-8-14)28-18(25)11-17-19(21-23-24(17)2)16-10-9-15(12-20-16)22-29(3,26)27/h4-10,12-13,22H,11H2,1-3H3/t13-/m1/s1. The number of nitrogens with one attached hydrogen (secondary N) is 1. The number of anilines is 1. The summed E-state index contributed by atoms with van der Waals surface area (Å²) in [7, 11) is -1.71. The number of pyridine rings is 1. The Morgan fingerprint density at radius 3 is 2.55 bits per heavy atom. The van der Waals surface area contributed by atoms with Crippen LogP contribution in [-0.4, -0.2) is 40.6 Å². The third-order valence-corrected chi connectivity index (χ3v) is 4.75. The molecule has 2 heterocycles. The minimum absolute atomic E-state index is 0.0268. The Kier molecular flexibility index (Phi) is 5.92. The minimum atomic E-state index is -3.39. The van der Waals surface area contributed by atoms with Gasteiger partial charge in [0.2, 0.25) is 10.0 Å². The van der Waals surface area contributed by atoms with Crippen molar-refractivity contribution in [2.75, 3.05) is 11.0 Å². The monoisotopic (exact) mass is 415 g/mol. The lowest BCUT2D eigenvalue weighted by atomic mass is 10.1. The molecule has 29 heavy (non-hydrogen) atoms. The van der Waals surface area contributed by atoms with Crippen LogP contribution in [0, 0.1) is 0 Å². The van der Waals surface area contributed by atoms with Gasteiger partial charge < -0.3 is 4.74 Å². The Bertz CT molecular complexity index is 1100. The second-order valence-electron chi connectivity index (χ2n) is 6.53. The van der Waals surface area contributed by atoms with Crippen molar-refractivity contribution in [1.29, 1.82) is 0 Å². The molecule has 0 aliphatic rings. The molecule has 0 aliphatic carbocycles. The van der Waals surface area contributed by atoms with E-state index in [4.69, 9.17) is 4.74 Å². The van der Waals surface area contributed by atoms with Gasteiger partial charge in [-0.3, -0.25) is 19.2 Å². The van der Waals surface area contributed by atoms with Gasteiger partial charge in [-0.2, -0.15) is 0 Å². The van der Waals surface area contributed by atoms with Crippen molar-refractivity contribution in [2.45, 2.75) is 19.4 Å². The fourth-order valence-electron chi connectivity index (χ4n) is 2.75. The quantitative estimate of drug-likeness (QED) is 0.587. The number of hydrogen-bond acceptors (Lipinski definition) is 7. The van der Waals surface area contributed by atoms with E-state index >= 15 is 0 Å². The molecule has 1 atom stereocenters. The number of nitrogens with zero attached hydrogens (tertiary/aromatic N) is 4. The zero-order valence-corrected chi connectivity index (χ0v) is 17.0. The van der Waals surface area contributed by atoms with Crippen LogP contribution in [0.1, 0.15) is 24.3 Å². The highest BCUT2D eigenvalue weighted by Crippen LogP contribution is 2.22. The van der Waals surface area contributed by atoms with E-state index in [1.807, 2.05) is 37.3 Å². The lowest BCUT2D eigenvalue weighted by molar-refractivity contribution is -0.147. The van der Waals surface area contributed by atoms with Crippen LogP contribution in [0.2, 0.25) is 0 Å². The molecule has 1 aromatic carbocycles. The highest BCUT2D eigenvalue weighted by molar-refractivity contribution is 7.92. The number of sulfonamides is 1. The predicted octanol–water partition coefficient (Wildman–Crippen LogP) is 2.10. The van der Waals surface area contributed by atoms with Gasteiger partial charge in [0.05, 0.1) is 35.9 Å². The van der Waals surface area contributed by atoms with Gasteiger partial charge in [0.15, 0.2) is 0 Å². The van der Waals surface area contributed by atoms with Gasteiger partial charge in [-0.1, -0.05) is 35.5 Å². The van der Waals surface area contributed by atoms with E-state index < -0.39 is 16.0 Å². The van der Waals surface area contributed by atoms with Crippen LogP contribution in [0.15, 0.2) is 48.7 Å². The Labute approximate surface area is 168 Å². The molecule has 1 N–H and O–H groups in total. The summed E-state index contributed by atoms with van der Waals surface area (Å²) in [5.74, 6) is -0.414. The fourth-order valence-corrected chi connectivity index (χ4v) is 3.30. The zero-order valence-electron chi connectivity index (χ0n) is 16.2. The van der Waals surface area contributed by atoms with Gasteiger partial charge in [-0.25, -0.2) is 8.42 Å². The number of benzene rings is 1. The smallest absolute Gasteiger partial charge is 0.312 e. The highest BCUT2D eigenvalue weighted by Gasteiger charge is 2.20. The topological polar surface area (TPSA) is 116 Å². The number of hydrogen-bond donors (Lipinski definition) is 1. The van der Waals surface area contributed by atoms with E-state index in [-0.39, 0.29) is 12.5 Å². The molecular formula is C19H21N5O4S. The lowest BCUT2D eigenvalue weighted by Crippen LogP contribution is -2.14. The van der Waals surface area contributed by atoms with Gasteiger partial charge in [-0.05, 0) is 24.6 Å². The number of aryl methyl sites for hydroxylation is 1. The summed E-state index contributed by atoms with van der Waals surface area (Å²) >= 11 is 0. The molecule has 0 aliphatic heterocycles. The molecule has 0 saturated carbocycles. The van der Waals surface area contributed by atoms with E-state index in [2.05, 4.69) is 20.0 Å². The summed E-state index contributed by atoms with van der Waals surface area (Å²) in [6.45, 7) is 1.81. The molecule has 0 spiro atoms. The predicted molar refractivity (Wildman–Crippen MR) is 107 cm³/mol. The number of carbonyl (C=O) groups excluding carboxylic acids is 1. The van der Waals surface area contributed by atoms with E-state index in [1.54, 1.807) is 19.2 Å². The summed E-state index contributed by atoms with van der Waals surface area (Å²) in [6.07, 6.45) is 2.03. The Morgan fingerprint density at radius 2 is 1.93 bits per heavy atom. The Morgan fingerprint density at radius 1 is 1.21 bits per heavy atom. The normalized spacial score (nSPS) is 12.4. The largest absolute Gasteiger partial charge is 0.457 e. The molecule has 0 amide bonds. The molecule has 9 nitrogen and oxygen atoms in total. The van der Waals surface area contributed by atoms with E-state index in [0.29, 0.717) is 22.8 Å². The van der Waals surface area contributed by atoms with Crippen LogP contribution in [0.4, 0.5) is 5.69 Å². The van der Waals surface area contributed by atoms with Crippen LogP contribution in [0.25, 0.3) is 11.4 Å². The van der Waals surface area contributed by atoms with Crippen molar-refractivity contribution in [3.63, 3.8) is 0 Å². The Hall–Kier alpha value is -3.27. The van der Waals surface area contributed by atoms with Gasteiger partial charge in [0, 0.05) is 7.05 Å². The van der Waals surface area contributed by atoms with Crippen molar-refractivity contribution in [1.82, 2.24) is 20.0 Å². The minimum Gasteiger partial charge on any atom is -0.457 e. The fraction of sp³-hybridized carbons (Fsp3) is 0.263. The molecule has 0 fully saturated rings. The number of esters is 1. The first-order valence-electron chi connectivity index (χ1n) is 8.80. The SMILES string of the molecule is C[C@@H](OC(=O)Cc1c(-c2ccc(NS(C)(=O)=O)cn2)nnn1C)c1ccccc1. The third kappa shape index (κ3) is 5.38. The molecule has 152 valence electrons. The molecule has 0 unspecified atom stereocenters. The van der Waals surface area contributed by atoms with E-state index in [9.17, 15) is 13.2 Å². The van der Waals surface area contributed by atoms with E-state index in [1.165, 1.54) is 10.9 Å². The number of carbonyl (C=O) groups is 1. The molecular weight excluding hydrogens is 394 g/mol. The molecule has 2 aromatic heterocycles. The Balaban J connectivity index is 1.75. The summed E-state index contributed by atoms with van der Waals surface area (Å²) in [5.41, 5.74) is 2.68. The highest BCUT2D eigenvalue weighted by atomic mass is 32.2. The van der Waals surface area contributed by atoms with Crippen molar-refractivity contribution in [3.05, 3.63) is 59.9 Å². The summed E-state index contributed by atoms with van der Waals surface area (Å²) in [6, 6.07) is 12.6. The maximum atomic E-state index is 12.5. The average molecular weight is 415 g/mol. The summed E-state index contributed by atoms with van der Waals surface area (Å²) in [4.78, 5) is 16.7. The molecule has 0 bridgehead atoms. The first-order chi connectivity index (χ1) is 13.7. The summed E-state index contributed by atoms with van der Waals surface area (Å²) in [5, 5.41) is 8.06. The second-order valence-corrected chi connectivity index (χ2v) is 8.28. The molecule has 0 saturated heterocycles. The van der Waals surface area contributed by atoms with Gasteiger partial charge >= 0.3 is 5.97 Å². The van der Waals surface area contributed by atoms with Crippen LogP contribution < -0.4 is 4.72 Å². The maximum absolute atomic E-state index is 12.5. The van der Waals surface area contributed by atoms with Crippen LogP contribution >= 0.6 is 0 Å². The second kappa shape index (κ2) is 8.39. The molecule has 10 heteroatoms. The lowest BCUT2D eigenvalue weighted by Gasteiger charge is -2.13. The van der Waals surface area contributed by atoms with Crippen molar-refractivity contribution in [3.8, 4) is 11.4 Å². The molecule has 3 aromatic rings. The van der Waals surface area contributed by atoms with Gasteiger partial charge in [0.1, 0.15) is 11.8 Å². The molecule has 0 radical (unpaired) electrons. The van der Waals surface area contributed by atoms with Gasteiger partial charge in [-0.15, -0.1) is 5.10 Å². The third-order valence-electron chi connectivity index (χ3n) is 4.14. The van der Waals surface area contributed by atoms with E-state index in [0.717, 1.165) is 11.8 Å². The number of aromatic nitrogens is 4. The first kappa shape index (κ1) is 20.5. The average Bonchev–Trinajstić information content (AvgIpc) is 3.02. The zero-order chi connectivity index (χ0) is 21.0. The van der Waals surface area contributed by atoms with Crippen LogP contribution in [-0.2, 0) is 33.0 Å². The first-order valence-corrected chi connectivity index (χ1v) is 10.7. The summed E-state index contributed by atoms with van der Waals surface area (Å²) < 4.78 is 32.0. The maximum Gasteiger partial charge on any atom is 0.312 e. The molecule has 3 rings (SSSR count). The van der Waals surface area contributed by atoms with Crippen molar-refractivity contribution >= 4 is 21.7 Å². The number of rotatable bonds is 7. The van der Waals surface area contributed by atoms with Crippen molar-refractivity contribution < 1.29 is 17.9 Å².